The first kappa shape index (κ1) is 7.69. The minimum absolute atomic E-state index is 0.190. The lowest BCUT2D eigenvalue weighted by Crippen LogP contribution is -2.47. The van der Waals surface area contributed by atoms with Gasteiger partial charge in [-0.3, -0.25) is 0 Å². The summed E-state index contributed by atoms with van der Waals surface area (Å²) in [7, 11) is 0. The molecule has 0 saturated carbocycles. The fourth-order valence-electron chi connectivity index (χ4n) is 0.724. The summed E-state index contributed by atoms with van der Waals surface area (Å²) < 4.78 is 13.5. The molecule has 3 heteroatoms. The SMILES string of the molecule is [NH3+]Cc1ccc(Br)cc1F. The fourth-order valence-corrected chi connectivity index (χ4v) is 1.06. The van der Waals surface area contributed by atoms with Crippen LogP contribution in [0.25, 0.3) is 0 Å². The van der Waals surface area contributed by atoms with Gasteiger partial charge in [-0.2, -0.15) is 0 Å². The van der Waals surface area contributed by atoms with Gasteiger partial charge in [-0.25, -0.2) is 4.39 Å². The van der Waals surface area contributed by atoms with Crippen LogP contribution in [0.5, 0.6) is 0 Å². The number of benzene rings is 1. The Labute approximate surface area is 67.2 Å². The van der Waals surface area contributed by atoms with Crippen molar-refractivity contribution in [3.63, 3.8) is 0 Å². The normalized spacial score (nSPS) is 9.90. The molecule has 10 heavy (non-hydrogen) atoms. The molecule has 0 heterocycles. The van der Waals surface area contributed by atoms with Crippen LogP contribution in [-0.2, 0) is 6.54 Å². The lowest BCUT2D eigenvalue weighted by molar-refractivity contribution is -0.386. The summed E-state index contributed by atoms with van der Waals surface area (Å²) in [6.45, 7) is 0.499. The molecule has 0 fully saturated rings. The smallest absolute Gasteiger partial charge is 0.133 e. The maximum atomic E-state index is 12.8. The first-order valence-electron chi connectivity index (χ1n) is 2.97. The molecule has 1 aromatic rings. The zero-order valence-electron chi connectivity index (χ0n) is 5.40. The Balaban J connectivity index is 3.07. The van der Waals surface area contributed by atoms with Gasteiger partial charge >= 0.3 is 0 Å². The molecule has 1 aromatic carbocycles. The van der Waals surface area contributed by atoms with Gasteiger partial charge in [-0.15, -0.1) is 0 Å². The van der Waals surface area contributed by atoms with Crippen LogP contribution in [0.15, 0.2) is 22.7 Å². The summed E-state index contributed by atoms with van der Waals surface area (Å²) in [6, 6.07) is 4.98. The highest BCUT2D eigenvalue weighted by Gasteiger charge is 2.00. The highest BCUT2D eigenvalue weighted by Crippen LogP contribution is 2.13. The topological polar surface area (TPSA) is 27.6 Å². The molecule has 54 valence electrons. The largest absolute Gasteiger partial charge is 0.354 e. The number of rotatable bonds is 1. The van der Waals surface area contributed by atoms with Crippen LogP contribution >= 0.6 is 15.9 Å². The van der Waals surface area contributed by atoms with Crippen LogP contribution in [-0.4, -0.2) is 0 Å². The van der Waals surface area contributed by atoms with Crippen molar-refractivity contribution in [2.24, 2.45) is 0 Å². The molecule has 0 bridgehead atoms. The zero-order valence-corrected chi connectivity index (χ0v) is 6.99. The third kappa shape index (κ3) is 1.55. The van der Waals surface area contributed by atoms with Gasteiger partial charge in [0.25, 0.3) is 0 Å². The van der Waals surface area contributed by atoms with Crippen molar-refractivity contribution in [2.75, 3.05) is 0 Å². The molecular weight excluding hydrogens is 197 g/mol. The predicted octanol–water partition coefficient (Wildman–Crippen LogP) is 1.33. The average molecular weight is 205 g/mol. The van der Waals surface area contributed by atoms with E-state index in [-0.39, 0.29) is 5.82 Å². The van der Waals surface area contributed by atoms with Gasteiger partial charge in [0.1, 0.15) is 12.4 Å². The average Bonchev–Trinajstić information content (AvgIpc) is 1.88. The van der Waals surface area contributed by atoms with E-state index in [4.69, 9.17) is 0 Å². The summed E-state index contributed by atoms with van der Waals surface area (Å²) in [5.41, 5.74) is 4.25. The van der Waals surface area contributed by atoms with Gasteiger partial charge in [0.2, 0.25) is 0 Å². The van der Waals surface area contributed by atoms with Crippen molar-refractivity contribution >= 4 is 15.9 Å². The molecule has 0 aliphatic rings. The molecule has 1 nitrogen and oxygen atoms in total. The number of hydrogen-bond acceptors (Lipinski definition) is 0. The molecule has 0 amide bonds. The molecule has 0 spiro atoms. The highest BCUT2D eigenvalue weighted by molar-refractivity contribution is 9.10. The second-order valence-corrected chi connectivity index (χ2v) is 2.90. The molecule has 0 radical (unpaired) electrons. The van der Waals surface area contributed by atoms with Crippen molar-refractivity contribution in [1.29, 1.82) is 0 Å². The first-order valence-corrected chi connectivity index (χ1v) is 3.76. The predicted molar refractivity (Wildman–Crippen MR) is 40.7 cm³/mol. The van der Waals surface area contributed by atoms with E-state index < -0.39 is 0 Å². The number of halogens is 2. The molecule has 0 saturated heterocycles. The number of hydrogen-bond donors (Lipinski definition) is 1. The van der Waals surface area contributed by atoms with Gasteiger partial charge in [0, 0.05) is 10.0 Å². The maximum absolute atomic E-state index is 12.8. The van der Waals surface area contributed by atoms with Gasteiger partial charge in [-0.1, -0.05) is 15.9 Å². The lowest BCUT2D eigenvalue weighted by atomic mass is 10.2. The second kappa shape index (κ2) is 3.12. The van der Waals surface area contributed by atoms with E-state index >= 15 is 0 Å². The van der Waals surface area contributed by atoms with Crippen molar-refractivity contribution in [2.45, 2.75) is 6.54 Å². The fraction of sp³-hybridized carbons (Fsp3) is 0.143. The summed E-state index contributed by atoms with van der Waals surface area (Å²) >= 11 is 3.17. The van der Waals surface area contributed by atoms with Gasteiger partial charge < -0.3 is 5.73 Å². The second-order valence-electron chi connectivity index (χ2n) is 1.99. The molecule has 3 N–H and O–H groups in total. The summed E-state index contributed by atoms with van der Waals surface area (Å²) in [5.74, 6) is -0.190. The molecule has 0 aliphatic carbocycles. The monoisotopic (exact) mass is 204 g/mol. The number of quaternary nitrogens is 1. The summed E-state index contributed by atoms with van der Waals surface area (Å²) in [5, 5.41) is 0. The lowest BCUT2D eigenvalue weighted by Gasteiger charge is -1.95. The van der Waals surface area contributed by atoms with Crippen molar-refractivity contribution < 1.29 is 10.1 Å². The zero-order chi connectivity index (χ0) is 7.56. The van der Waals surface area contributed by atoms with Crippen LogP contribution < -0.4 is 5.73 Å². The summed E-state index contributed by atoms with van der Waals surface area (Å²) in [4.78, 5) is 0. The van der Waals surface area contributed by atoms with Crippen molar-refractivity contribution in [3.05, 3.63) is 34.1 Å². The van der Waals surface area contributed by atoms with Gasteiger partial charge in [0.15, 0.2) is 0 Å². The Hall–Kier alpha value is -0.410. The summed E-state index contributed by atoms with van der Waals surface area (Å²) in [6.07, 6.45) is 0. The van der Waals surface area contributed by atoms with Crippen LogP contribution in [0.4, 0.5) is 4.39 Å². The Kier molecular flexibility index (Phi) is 2.40. The van der Waals surface area contributed by atoms with Crippen LogP contribution in [0.1, 0.15) is 5.56 Å². The van der Waals surface area contributed by atoms with Gasteiger partial charge in [0.05, 0.1) is 0 Å². The molecular formula is C7H8BrFN+. The molecule has 1 rings (SSSR count). The van der Waals surface area contributed by atoms with Crippen LogP contribution in [0, 0.1) is 5.82 Å². The molecule has 0 atom stereocenters. The Morgan fingerprint density at radius 2 is 2.20 bits per heavy atom. The minimum Gasteiger partial charge on any atom is -0.354 e. The van der Waals surface area contributed by atoms with Gasteiger partial charge in [-0.05, 0) is 18.2 Å². The van der Waals surface area contributed by atoms with Crippen molar-refractivity contribution in [1.82, 2.24) is 0 Å². The Morgan fingerprint density at radius 1 is 1.50 bits per heavy atom. The Morgan fingerprint density at radius 3 is 2.70 bits per heavy atom. The van der Waals surface area contributed by atoms with E-state index in [2.05, 4.69) is 21.7 Å². The Bertz CT molecular complexity index is 237. The van der Waals surface area contributed by atoms with Crippen molar-refractivity contribution in [3.8, 4) is 0 Å². The first-order chi connectivity index (χ1) is 4.74. The molecule has 0 aliphatic heterocycles. The standard InChI is InChI=1S/C7H7BrFN/c8-6-2-1-5(4-10)7(9)3-6/h1-3H,4,10H2/p+1. The third-order valence-corrected chi connectivity index (χ3v) is 1.78. The maximum Gasteiger partial charge on any atom is 0.133 e. The third-order valence-electron chi connectivity index (χ3n) is 1.28. The highest BCUT2D eigenvalue weighted by atomic mass is 79.9. The van der Waals surface area contributed by atoms with E-state index in [0.29, 0.717) is 12.1 Å². The van der Waals surface area contributed by atoms with E-state index in [1.165, 1.54) is 6.07 Å². The quantitative estimate of drug-likeness (QED) is 0.716. The van der Waals surface area contributed by atoms with E-state index in [0.717, 1.165) is 4.47 Å². The van der Waals surface area contributed by atoms with E-state index in [9.17, 15) is 4.39 Å². The molecule has 0 aromatic heterocycles. The van der Waals surface area contributed by atoms with E-state index in [1.54, 1.807) is 6.07 Å². The van der Waals surface area contributed by atoms with Crippen LogP contribution in [0.2, 0.25) is 0 Å². The van der Waals surface area contributed by atoms with E-state index in [1.807, 2.05) is 6.07 Å². The van der Waals surface area contributed by atoms with Crippen LogP contribution in [0.3, 0.4) is 0 Å². The minimum atomic E-state index is -0.190. The molecule has 0 unspecified atom stereocenters.